The molecule has 0 bridgehead atoms. The number of hydrogen-bond donors (Lipinski definition) is 2. The van der Waals surface area contributed by atoms with Crippen LogP contribution in [0.25, 0.3) is 0 Å². The Kier molecular flexibility index (Phi) is 5.44. The maximum absolute atomic E-state index is 13.0. The number of benzene rings is 1. The Hall–Kier alpha value is -2.82. The number of amides is 4. The number of imide groups is 2. The molecule has 0 aromatic heterocycles. The number of piperidine rings is 1. The van der Waals surface area contributed by atoms with E-state index >= 15 is 0 Å². The lowest BCUT2D eigenvalue weighted by Gasteiger charge is -2.49. The molecule has 1 atom stereocenters. The second kappa shape index (κ2) is 8.27. The van der Waals surface area contributed by atoms with Gasteiger partial charge in [-0.05, 0) is 24.6 Å². The van der Waals surface area contributed by atoms with Crippen LogP contribution in [0, 0.1) is 0 Å². The Morgan fingerprint density at radius 3 is 2.38 bits per heavy atom. The number of aliphatic hydroxyl groups excluding tert-OH is 1. The summed E-state index contributed by atoms with van der Waals surface area (Å²) >= 11 is 0. The fourth-order valence-electron chi connectivity index (χ4n) is 5.05. The molecule has 4 aliphatic rings. The first kappa shape index (κ1) is 21.0. The van der Waals surface area contributed by atoms with Crippen molar-refractivity contribution in [1.82, 2.24) is 20.0 Å². The zero-order valence-electron chi connectivity index (χ0n) is 17.8. The van der Waals surface area contributed by atoms with Crippen LogP contribution in [0.3, 0.4) is 0 Å². The summed E-state index contributed by atoms with van der Waals surface area (Å²) in [5, 5.41) is 11.3. The van der Waals surface area contributed by atoms with Crippen molar-refractivity contribution in [1.29, 1.82) is 0 Å². The van der Waals surface area contributed by atoms with E-state index in [4.69, 9.17) is 5.11 Å². The first-order chi connectivity index (χ1) is 15.5. The van der Waals surface area contributed by atoms with E-state index in [-0.39, 0.29) is 25.4 Å². The molecule has 0 saturated carbocycles. The highest BCUT2D eigenvalue weighted by Crippen LogP contribution is 2.32. The molecule has 4 heterocycles. The van der Waals surface area contributed by atoms with Crippen LogP contribution in [0.4, 0.5) is 5.69 Å². The van der Waals surface area contributed by atoms with Crippen molar-refractivity contribution in [3.05, 3.63) is 29.3 Å². The van der Waals surface area contributed by atoms with Gasteiger partial charge in [-0.3, -0.25) is 39.2 Å². The van der Waals surface area contributed by atoms with Crippen LogP contribution >= 0.6 is 0 Å². The van der Waals surface area contributed by atoms with Gasteiger partial charge < -0.3 is 10.0 Å². The number of hydrogen-bond acceptors (Lipinski definition) is 8. The Balaban J connectivity index is 1.23. The summed E-state index contributed by atoms with van der Waals surface area (Å²) in [4.78, 5) is 57.4. The Morgan fingerprint density at radius 2 is 1.69 bits per heavy atom. The quantitative estimate of drug-likeness (QED) is 0.553. The number of carbonyl (C=O) groups excluding carboxylic acids is 4. The van der Waals surface area contributed by atoms with Gasteiger partial charge in [0.2, 0.25) is 11.8 Å². The zero-order chi connectivity index (χ0) is 22.4. The van der Waals surface area contributed by atoms with Gasteiger partial charge in [0.05, 0.1) is 17.7 Å². The molecule has 5 rings (SSSR count). The molecule has 4 amide bonds. The smallest absolute Gasteiger partial charge is 0.262 e. The summed E-state index contributed by atoms with van der Waals surface area (Å²) in [5.74, 6) is -1.93. The second-order valence-corrected chi connectivity index (χ2v) is 8.84. The number of nitrogens with zero attached hydrogens (tertiary/aromatic N) is 4. The molecule has 1 aromatic rings. The van der Waals surface area contributed by atoms with Crippen LogP contribution in [-0.4, -0.2) is 108 Å². The lowest BCUT2D eigenvalue weighted by Crippen LogP contribution is -2.63. The van der Waals surface area contributed by atoms with Crippen LogP contribution in [0.15, 0.2) is 18.2 Å². The largest absolute Gasteiger partial charge is 0.395 e. The van der Waals surface area contributed by atoms with Crippen molar-refractivity contribution < 1.29 is 24.3 Å². The topological polar surface area (TPSA) is 114 Å². The van der Waals surface area contributed by atoms with Crippen molar-refractivity contribution in [2.75, 3.05) is 57.3 Å². The highest BCUT2D eigenvalue weighted by molar-refractivity contribution is 6.23. The van der Waals surface area contributed by atoms with Crippen LogP contribution in [0.1, 0.15) is 33.6 Å². The molecule has 0 aliphatic carbocycles. The number of piperazine rings is 1. The lowest BCUT2D eigenvalue weighted by atomic mass is 10.0. The first-order valence-corrected chi connectivity index (χ1v) is 11.1. The third kappa shape index (κ3) is 3.58. The molecule has 3 saturated heterocycles. The fraction of sp³-hybridized carbons (Fsp3) is 0.545. The fourth-order valence-corrected chi connectivity index (χ4v) is 5.05. The highest BCUT2D eigenvalue weighted by Gasteiger charge is 2.45. The third-order valence-electron chi connectivity index (χ3n) is 6.99. The molecule has 1 aromatic carbocycles. The van der Waals surface area contributed by atoms with Crippen molar-refractivity contribution in [2.24, 2.45) is 0 Å². The van der Waals surface area contributed by atoms with Crippen molar-refractivity contribution in [3.63, 3.8) is 0 Å². The van der Waals surface area contributed by atoms with Crippen molar-refractivity contribution in [3.8, 4) is 0 Å². The Bertz CT molecular complexity index is 967. The van der Waals surface area contributed by atoms with E-state index in [2.05, 4.69) is 20.0 Å². The second-order valence-electron chi connectivity index (χ2n) is 8.84. The number of anilines is 1. The molecule has 0 spiro atoms. The molecular weight excluding hydrogens is 414 g/mol. The summed E-state index contributed by atoms with van der Waals surface area (Å²) in [6.07, 6.45) is 0.265. The minimum Gasteiger partial charge on any atom is -0.395 e. The predicted octanol–water partition coefficient (Wildman–Crippen LogP) is -1.11. The average Bonchev–Trinajstić information content (AvgIpc) is 2.99. The van der Waals surface area contributed by atoms with Gasteiger partial charge in [-0.15, -0.1) is 0 Å². The van der Waals surface area contributed by atoms with Gasteiger partial charge in [-0.25, -0.2) is 0 Å². The van der Waals surface area contributed by atoms with E-state index < -0.39 is 23.8 Å². The molecular formula is C22H27N5O5. The standard InChI is InChI=1S/C22H27N5O5/c28-10-9-24-5-7-25(8-6-24)15-12-26(13-15)14-1-2-16-17(11-14)22(32)27(21(16)31)18-3-4-19(29)23-20(18)30/h1-2,11,15,18,28H,3-10,12-13H2,(H,23,29,30). The van der Waals surface area contributed by atoms with Crippen LogP contribution in [-0.2, 0) is 9.59 Å². The number of fused-ring (bicyclic) bond motifs is 1. The molecule has 3 fully saturated rings. The van der Waals surface area contributed by atoms with E-state index in [1.54, 1.807) is 12.1 Å². The molecule has 2 N–H and O–H groups in total. The van der Waals surface area contributed by atoms with E-state index in [0.29, 0.717) is 17.2 Å². The van der Waals surface area contributed by atoms with E-state index in [1.807, 2.05) is 6.07 Å². The summed E-state index contributed by atoms with van der Waals surface area (Å²) in [5.41, 5.74) is 1.52. The predicted molar refractivity (Wildman–Crippen MR) is 114 cm³/mol. The SMILES string of the molecule is O=C1CCC(N2C(=O)c3ccc(N4CC(N5CCN(CCO)CC5)C4)cc3C2=O)C(=O)N1. The Morgan fingerprint density at radius 1 is 0.969 bits per heavy atom. The molecule has 0 radical (unpaired) electrons. The van der Waals surface area contributed by atoms with Crippen LogP contribution in [0.2, 0.25) is 0 Å². The molecule has 1 unspecified atom stereocenters. The monoisotopic (exact) mass is 441 g/mol. The minimum atomic E-state index is -0.943. The third-order valence-corrected chi connectivity index (χ3v) is 6.99. The molecule has 170 valence electrons. The van der Waals surface area contributed by atoms with Gasteiger partial charge in [-0.2, -0.15) is 0 Å². The number of aliphatic hydroxyl groups is 1. The van der Waals surface area contributed by atoms with Gasteiger partial charge in [0.25, 0.3) is 11.8 Å². The van der Waals surface area contributed by atoms with Gasteiger partial charge >= 0.3 is 0 Å². The highest BCUT2D eigenvalue weighted by atomic mass is 16.3. The molecule has 32 heavy (non-hydrogen) atoms. The maximum atomic E-state index is 13.0. The first-order valence-electron chi connectivity index (χ1n) is 11.1. The minimum absolute atomic E-state index is 0.110. The number of β-amino-alcohol motifs (C(OH)–C–C–N with tert-alkyl or cyclic N) is 1. The van der Waals surface area contributed by atoms with E-state index in [9.17, 15) is 19.2 Å². The number of carbonyl (C=O) groups is 4. The maximum Gasteiger partial charge on any atom is 0.262 e. The zero-order valence-corrected chi connectivity index (χ0v) is 17.8. The molecule has 10 nitrogen and oxygen atoms in total. The summed E-state index contributed by atoms with van der Waals surface area (Å²) in [6, 6.07) is 4.78. The van der Waals surface area contributed by atoms with E-state index in [1.165, 1.54) is 0 Å². The summed E-state index contributed by atoms with van der Waals surface area (Å²) < 4.78 is 0. The number of nitrogens with one attached hydrogen (secondary N) is 1. The Labute approximate surface area is 185 Å². The van der Waals surface area contributed by atoms with Gasteiger partial charge in [-0.1, -0.05) is 0 Å². The van der Waals surface area contributed by atoms with Gasteiger partial charge in [0.1, 0.15) is 6.04 Å². The van der Waals surface area contributed by atoms with E-state index in [0.717, 1.165) is 56.4 Å². The summed E-state index contributed by atoms with van der Waals surface area (Å²) in [7, 11) is 0. The van der Waals surface area contributed by atoms with Gasteiger partial charge in [0.15, 0.2) is 0 Å². The van der Waals surface area contributed by atoms with Gasteiger partial charge in [0, 0.05) is 64.0 Å². The lowest BCUT2D eigenvalue weighted by molar-refractivity contribution is -0.136. The van der Waals surface area contributed by atoms with Crippen LogP contribution < -0.4 is 10.2 Å². The summed E-state index contributed by atoms with van der Waals surface area (Å²) in [6.45, 7) is 6.52. The molecule has 10 heteroatoms. The number of rotatable bonds is 5. The molecule has 4 aliphatic heterocycles. The average molecular weight is 441 g/mol. The van der Waals surface area contributed by atoms with Crippen molar-refractivity contribution in [2.45, 2.75) is 24.9 Å². The van der Waals surface area contributed by atoms with Crippen molar-refractivity contribution >= 4 is 29.3 Å². The normalized spacial score (nSPS) is 25.2. The van der Waals surface area contributed by atoms with Crippen LogP contribution in [0.5, 0.6) is 0 Å².